The van der Waals surface area contributed by atoms with E-state index in [1.54, 1.807) is 21.6 Å². The van der Waals surface area contributed by atoms with Crippen molar-refractivity contribution >= 4 is 28.1 Å². The highest BCUT2D eigenvalue weighted by Gasteiger charge is 2.09. The minimum absolute atomic E-state index is 0.284. The molecule has 0 amide bonds. The second kappa shape index (κ2) is 5.77. The number of carbonyl (C=O) groups excluding carboxylic acids is 1. The van der Waals surface area contributed by atoms with Crippen molar-refractivity contribution in [2.75, 3.05) is 12.4 Å². The molecule has 0 radical (unpaired) electrons. The van der Waals surface area contributed by atoms with Crippen molar-refractivity contribution in [2.24, 2.45) is 0 Å². The molecule has 0 atom stereocenters. The third-order valence-electron chi connectivity index (χ3n) is 0.661. The molecular formula is C7H14O2S2. The summed E-state index contributed by atoms with van der Waals surface area (Å²) in [5.41, 5.74) is 0. The maximum absolute atomic E-state index is 9.73. The van der Waals surface area contributed by atoms with Gasteiger partial charge >= 0.3 is 0 Å². The molecule has 0 rings (SSSR count). The maximum atomic E-state index is 9.73. The third kappa shape index (κ3) is 10.2. The fourth-order valence-corrected chi connectivity index (χ4v) is 2.46. The zero-order chi connectivity index (χ0) is 8.74. The largest absolute Gasteiger partial charge is 0.467 e. The van der Waals surface area contributed by atoms with Crippen LogP contribution in [0.25, 0.3) is 0 Å². The van der Waals surface area contributed by atoms with E-state index in [0.29, 0.717) is 13.1 Å². The van der Waals surface area contributed by atoms with E-state index >= 15 is 0 Å². The van der Waals surface area contributed by atoms with Gasteiger partial charge in [-0.3, -0.25) is 4.79 Å². The minimum Gasteiger partial charge on any atom is -0.467 e. The number of ether oxygens (including phenoxy) is 1. The Balaban J connectivity index is 3.08. The number of rotatable bonds is 5. The zero-order valence-electron chi connectivity index (χ0n) is 7.12. The van der Waals surface area contributed by atoms with Gasteiger partial charge in [0.15, 0.2) is 0 Å². The summed E-state index contributed by atoms with van der Waals surface area (Å²) in [7, 11) is 3.54. The van der Waals surface area contributed by atoms with E-state index in [9.17, 15) is 4.79 Å². The van der Waals surface area contributed by atoms with Gasteiger partial charge in [0.05, 0.1) is 0 Å². The minimum atomic E-state index is 0.284. The highest BCUT2D eigenvalue weighted by molar-refractivity contribution is 8.77. The first-order valence-corrected chi connectivity index (χ1v) is 5.74. The quantitative estimate of drug-likeness (QED) is 0.381. The molecule has 11 heavy (non-hydrogen) atoms. The Morgan fingerprint density at radius 3 is 2.55 bits per heavy atom. The Hall–Kier alpha value is 0.170. The van der Waals surface area contributed by atoms with Gasteiger partial charge < -0.3 is 4.74 Å². The summed E-state index contributed by atoms with van der Waals surface area (Å²) in [5, 5.41) is 0. The lowest BCUT2D eigenvalue weighted by Crippen LogP contribution is -2.05. The average Bonchev–Trinajstić information content (AvgIpc) is 1.85. The van der Waals surface area contributed by atoms with Crippen LogP contribution in [0.3, 0.4) is 0 Å². The molecule has 0 heterocycles. The lowest BCUT2D eigenvalue weighted by Gasteiger charge is -2.15. The van der Waals surface area contributed by atoms with E-state index in [0.717, 1.165) is 5.75 Å². The van der Waals surface area contributed by atoms with Gasteiger partial charge in [0.2, 0.25) is 0 Å². The number of hydrogen-bond acceptors (Lipinski definition) is 4. The second-order valence-corrected chi connectivity index (χ2v) is 6.23. The Kier molecular flexibility index (Phi) is 5.86. The maximum Gasteiger partial charge on any atom is 0.293 e. The van der Waals surface area contributed by atoms with Crippen molar-refractivity contribution < 1.29 is 9.53 Å². The smallest absolute Gasteiger partial charge is 0.293 e. The molecule has 0 saturated heterocycles. The van der Waals surface area contributed by atoms with Crippen molar-refractivity contribution in [3.63, 3.8) is 0 Å². The lowest BCUT2D eigenvalue weighted by atomic mass is 10.3. The summed E-state index contributed by atoms with van der Waals surface area (Å²) in [6.07, 6.45) is 0. The summed E-state index contributed by atoms with van der Waals surface area (Å²) in [4.78, 5) is 9.73. The lowest BCUT2D eigenvalue weighted by molar-refractivity contribution is -0.128. The van der Waals surface area contributed by atoms with Gasteiger partial charge in [-0.1, -0.05) is 42.4 Å². The Morgan fingerprint density at radius 1 is 1.45 bits per heavy atom. The summed E-state index contributed by atoms with van der Waals surface area (Å²) in [6, 6.07) is 0. The molecule has 66 valence electrons. The molecule has 0 aromatic heterocycles. The van der Waals surface area contributed by atoms with Crippen LogP contribution in [0.4, 0.5) is 0 Å². The van der Waals surface area contributed by atoms with Gasteiger partial charge in [0, 0.05) is 10.5 Å². The van der Waals surface area contributed by atoms with Crippen molar-refractivity contribution in [3.8, 4) is 0 Å². The van der Waals surface area contributed by atoms with Crippen LogP contribution < -0.4 is 0 Å². The van der Waals surface area contributed by atoms with Gasteiger partial charge in [-0.25, -0.2) is 0 Å². The molecule has 0 aliphatic carbocycles. The predicted octanol–water partition coefficient (Wildman–Crippen LogP) is 2.34. The molecular weight excluding hydrogens is 180 g/mol. The van der Waals surface area contributed by atoms with Gasteiger partial charge in [-0.2, -0.15) is 0 Å². The van der Waals surface area contributed by atoms with Crippen LogP contribution in [0.5, 0.6) is 0 Å². The topological polar surface area (TPSA) is 26.3 Å². The fourth-order valence-electron chi connectivity index (χ4n) is 0.349. The molecule has 0 saturated carbocycles. The standard InChI is InChI=1S/C7H14O2S2/c1-7(2,3)11-10-5-4-9-6-8/h6H,4-5H2,1-3H3. The second-order valence-electron chi connectivity index (χ2n) is 2.98. The van der Waals surface area contributed by atoms with Crippen LogP contribution >= 0.6 is 21.6 Å². The average molecular weight is 194 g/mol. The third-order valence-corrected chi connectivity index (χ3v) is 3.97. The normalized spacial score (nSPS) is 11.2. The first-order valence-electron chi connectivity index (χ1n) is 3.42. The van der Waals surface area contributed by atoms with E-state index in [1.165, 1.54) is 0 Å². The van der Waals surface area contributed by atoms with Crippen LogP contribution in [0.2, 0.25) is 0 Å². The molecule has 0 aromatic rings. The monoisotopic (exact) mass is 194 g/mol. The molecule has 0 aliphatic heterocycles. The SMILES string of the molecule is CC(C)(C)SSCCOC=O. The van der Waals surface area contributed by atoms with E-state index in [4.69, 9.17) is 0 Å². The molecule has 0 aromatic carbocycles. The van der Waals surface area contributed by atoms with E-state index in [2.05, 4.69) is 25.5 Å². The van der Waals surface area contributed by atoms with E-state index < -0.39 is 0 Å². The van der Waals surface area contributed by atoms with Gasteiger partial charge in [0.25, 0.3) is 6.47 Å². The van der Waals surface area contributed by atoms with Crippen LogP contribution in [-0.2, 0) is 9.53 Å². The van der Waals surface area contributed by atoms with Crippen molar-refractivity contribution in [2.45, 2.75) is 25.5 Å². The first kappa shape index (κ1) is 11.2. The van der Waals surface area contributed by atoms with E-state index in [-0.39, 0.29) is 4.75 Å². The van der Waals surface area contributed by atoms with Gasteiger partial charge in [-0.15, -0.1) is 0 Å². The number of carbonyl (C=O) groups is 1. The van der Waals surface area contributed by atoms with Crippen molar-refractivity contribution in [1.82, 2.24) is 0 Å². The predicted molar refractivity (Wildman–Crippen MR) is 51.8 cm³/mol. The van der Waals surface area contributed by atoms with Gasteiger partial charge in [0.1, 0.15) is 6.61 Å². The molecule has 0 N–H and O–H groups in total. The van der Waals surface area contributed by atoms with Crippen LogP contribution in [0.1, 0.15) is 20.8 Å². The van der Waals surface area contributed by atoms with Gasteiger partial charge in [-0.05, 0) is 0 Å². The molecule has 2 nitrogen and oxygen atoms in total. The van der Waals surface area contributed by atoms with Crippen LogP contribution in [0, 0.1) is 0 Å². The molecule has 0 spiro atoms. The fraction of sp³-hybridized carbons (Fsp3) is 0.857. The Morgan fingerprint density at radius 2 is 2.09 bits per heavy atom. The van der Waals surface area contributed by atoms with Crippen LogP contribution in [-0.4, -0.2) is 23.6 Å². The molecule has 0 unspecified atom stereocenters. The summed E-state index contributed by atoms with van der Waals surface area (Å²) >= 11 is 0. The van der Waals surface area contributed by atoms with E-state index in [1.807, 2.05) is 0 Å². The Labute approximate surface area is 75.9 Å². The number of hydrogen-bond donors (Lipinski definition) is 0. The summed E-state index contributed by atoms with van der Waals surface area (Å²) in [5.74, 6) is 0.862. The zero-order valence-corrected chi connectivity index (χ0v) is 8.76. The molecule has 0 aliphatic rings. The highest BCUT2D eigenvalue weighted by Crippen LogP contribution is 2.34. The highest BCUT2D eigenvalue weighted by atomic mass is 33.1. The van der Waals surface area contributed by atoms with Crippen molar-refractivity contribution in [3.05, 3.63) is 0 Å². The molecule has 0 fully saturated rings. The Bertz CT molecular complexity index is 109. The summed E-state index contributed by atoms with van der Waals surface area (Å²) < 4.78 is 4.82. The molecule has 0 bridgehead atoms. The first-order chi connectivity index (χ1) is 5.06. The molecule has 4 heteroatoms. The van der Waals surface area contributed by atoms with Crippen LogP contribution in [0.15, 0.2) is 0 Å². The summed E-state index contributed by atoms with van der Waals surface area (Å²) in [6.45, 7) is 7.47. The van der Waals surface area contributed by atoms with Crippen molar-refractivity contribution in [1.29, 1.82) is 0 Å².